The Balaban J connectivity index is 0.624. The topological polar surface area (TPSA) is 39.2 Å². The highest BCUT2D eigenvalue weighted by molar-refractivity contribution is 6.26. The fourth-order valence-corrected chi connectivity index (χ4v) is 18.9. The molecule has 0 aliphatic rings. The second-order valence-corrected chi connectivity index (χ2v) is 32.7. The van der Waals surface area contributed by atoms with Gasteiger partial charge in [-0.05, 0) is 303 Å². The standard InChI is InChI=1S/C114H84N4O2/c1-70-43-51-87(59-73(70)4)117(88-52-44-71(2)74(5)60-88)105-39-21-34-94-96-56-58-99-95(97(96)55-57-98(94)105)35-22-40-106(99)118(89-53-45-72(3)75(6)61-89)90-54-50-80(76(7)62-90)63-77-64-103(79-27-14-9-15-28-79)112-104(65-77)102-38-24-42-108(114(102)120-112)116(86-31-18-11-19-32-86)92-68-83-48-46-81-66-91(67-82-47-49-84(69-92)110(83)109(81)82)115(85-29-16-10-17-30-85)107-41-23-37-101-100-36-20-33-93(111(100)119-113(101)107)78-25-12-8-13-26-78/h8-62,64-69H,63H2,1-7H3. The zero-order chi connectivity index (χ0) is 80.5. The highest BCUT2D eigenvalue weighted by atomic mass is 16.3. The number of furan rings is 2. The molecule has 120 heavy (non-hydrogen) atoms. The molecule has 6 nitrogen and oxygen atoms in total. The van der Waals surface area contributed by atoms with E-state index < -0.39 is 0 Å². The SMILES string of the molecule is Cc1ccc(N(c2ccc(C)c(C)c2)c2cccc3c2ccc2c4cccc(N(c5ccc(C)c(C)c5)c5ccc(Cc6cc(-c7ccccc7)c7oc8c(N(c9ccccc9)c9cc%10ccc%11cc(N(c%12ccccc%12)c%12cccc%13c%12oc%12c(-c%14ccccc%14)cccc%12%13)cc%12ccc(c9)c%10c%11%12)cccc8c7c6)c(C)c5)c4ccc32)cc1C. The second kappa shape index (κ2) is 28.7. The first-order chi connectivity index (χ1) is 58.9. The van der Waals surface area contributed by atoms with Crippen LogP contribution in [0, 0.1) is 48.5 Å². The molecule has 0 saturated carbocycles. The number of fused-ring (bicyclic) bond motifs is 11. The summed E-state index contributed by atoms with van der Waals surface area (Å²) in [6.45, 7) is 15.5. The molecule has 0 aliphatic carbocycles. The zero-order valence-electron chi connectivity index (χ0n) is 68.0. The van der Waals surface area contributed by atoms with Crippen LogP contribution in [-0.4, -0.2) is 0 Å². The van der Waals surface area contributed by atoms with E-state index in [0.717, 1.165) is 156 Å². The second-order valence-electron chi connectivity index (χ2n) is 32.7. The fraction of sp³-hybridized carbons (Fsp3) is 0.0702. The van der Waals surface area contributed by atoms with Gasteiger partial charge in [-0.2, -0.15) is 0 Å². The summed E-state index contributed by atoms with van der Waals surface area (Å²) in [6.07, 6.45) is 0.711. The van der Waals surface area contributed by atoms with E-state index in [0.29, 0.717) is 6.42 Å². The Kier molecular flexibility index (Phi) is 17.1. The third kappa shape index (κ3) is 12.0. The van der Waals surface area contributed by atoms with Crippen LogP contribution < -0.4 is 19.6 Å². The monoisotopic (exact) mass is 1540 g/mol. The van der Waals surface area contributed by atoms with Gasteiger partial charge in [0.25, 0.3) is 0 Å². The van der Waals surface area contributed by atoms with Crippen LogP contribution in [0.5, 0.6) is 0 Å². The van der Waals surface area contributed by atoms with Crippen molar-refractivity contribution in [3.8, 4) is 22.3 Å². The number of rotatable bonds is 16. The Morgan fingerprint density at radius 1 is 0.200 bits per heavy atom. The van der Waals surface area contributed by atoms with Crippen LogP contribution in [0.15, 0.2) is 379 Å². The van der Waals surface area contributed by atoms with E-state index in [4.69, 9.17) is 8.83 Å². The van der Waals surface area contributed by atoms with Crippen LogP contribution in [0.2, 0.25) is 0 Å². The van der Waals surface area contributed by atoms with Crippen LogP contribution in [-0.2, 0) is 6.42 Å². The molecule has 2 aromatic heterocycles. The molecule has 6 heteroatoms. The summed E-state index contributed by atoms with van der Waals surface area (Å²) in [4.78, 5) is 9.66. The normalized spacial score (nSPS) is 11.8. The number of aryl methyl sites for hydroxylation is 7. The van der Waals surface area contributed by atoms with Crippen molar-refractivity contribution in [3.63, 3.8) is 0 Å². The maximum Gasteiger partial charge on any atom is 0.159 e. The highest BCUT2D eigenvalue weighted by Gasteiger charge is 2.28. The summed E-state index contributed by atoms with van der Waals surface area (Å²) < 4.78 is 14.6. The lowest BCUT2D eigenvalue weighted by Crippen LogP contribution is -2.12. The molecule has 22 aromatic rings. The molecule has 2 heterocycles. The van der Waals surface area contributed by atoms with E-state index in [2.05, 4.69) is 438 Å². The molecular weight excluding hydrogens is 1460 g/mol. The maximum absolute atomic E-state index is 7.49. The molecule has 0 saturated heterocycles. The van der Waals surface area contributed by atoms with E-state index in [9.17, 15) is 0 Å². The van der Waals surface area contributed by atoms with E-state index in [-0.39, 0.29) is 0 Å². The molecule has 0 bridgehead atoms. The van der Waals surface area contributed by atoms with Crippen molar-refractivity contribution in [1.29, 1.82) is 0 Å². The van der Waals surface area contributed by atoms with Crippen LogP contribution in [0.4, 0.5) is 68.2 Å². The fourth-order valence-electron chi connectivity index (χ4n) is 18.9. The Bertz CT molecular complexity index is 7740. The van der Waals surface area contributed by atoms with Crippen molar-refractivity contribution in [2.24, 2.45) is 0 Å². The summed E-state index contributed by atoms with van der Waals surface area (Å²) >= 11 is 0. The van der Waals surface area contributed by atoms with Crippen molar-refractivity contribution in [2.75, 3.05) is 19.6 Å². The number of hydrogen-bond acceptors (Lipinski definition) is 6. The van der Waals surface area contributed by atoms with Gasteiger partial charge in [-0.25, -0.2) is 0 Å². The average Bonchev–Trinajstić information content (AvgIpc) is 0.994. The van der Waals surface area contributed by atoms with Crippen molar-refractivity contribution >= 4 is 177 Å². The van der Waals surface area contributed by atoms with E-state index in [1.807, 2.05) is 0 Å². The van der Waals surface area contributed by atoms with Crippen molar-refractivity contribution in [1.82, 2.24) is 0 Å². The quantitative estimate of drug-likeness (QED) is 0.0898. The number of nitrogens with zero attached hydrogens (tertiary/aromatic N) is 4. The number of para-hydroxylation sites is 5. The van der Waals surface area contributed by atoms with Crippen LogP contribution in [0.25, 0.3) is 131 Å². The molecule has 0 spiro atoms. The van der Waals surface area contributed by atoms with Crippen LogP contribution >= 0.6 is 0 Å². The minimum absolute atomic E-state index is 0.711. The summed E-state index contributed by atoms with van der Waals surface area (Å²) in [5.41, 5.74) is 31.9. The molecule has 0 radical (unpaired) electrons. The molecule has 20 aromatic carbocycles. The number of hydrogen-bond donors (Lipinski definition) is 0. The maximum atomic E-state index is 7.49. The lowest BCUT2D eigenvalue weighted by molar-refractivity contribution is 0.669. The predicted octanol–water partition coefficient (Wildman–Crippen LogP) is 32.8. The van der Waals surface area contributed by atoms with Crippen molar-refractivity contribution in [3.05, 3.63) is 420 Å². The first-order valence-electron chi connectivity index (χ1n) is 41.6. The van der Waals surface area contributed by atoms with Gasteiger partial charge in [0.2, 0.25) is 0 Å². The molecule has 0 fully saturated rings. The van der Waals surface area contributed by atoms with Crippen LogP contribution in [0.3, 0.4) is 0 Å². The first-order valence-corrected chi connectivity index (χ1v) is 41.6. The molecule has 0 amide bonds. The molecule has 0 N–H and O–H groups in total. The number of anilines is 12. The van der Waals surface area contributed by atoms with E-state index in [1.54, 1.807) is 0 Å². The van der Waals surface area contributed by atoms with Crippen molar-refractivity contribution in [2.45, 2.75) is 54.9 Å². The van der Waals surface area contributed by atoms with Gasteiger partial charge in [-0.3, -0.25) is 0 Å². The Morgan fingerprint density at radius 2 is 0.542 bits per heavy atom. The zero-order valence-corrected chi connectivity index (χ0v) is 68.0. The molecule has 0 unspecified atom stereocenters. The minimum Gasteiger partial charge on any atom is -0.453 e. The van der Waals surface area contributed by atoms with Crippen molar-refractivity contribution < 1.29 is 8.83 Å². The van der Waals surface area contributed by atoms with E-state index in [1.165, 1.54) is 93.2 Å². The Hall–Kier alpha value is -15.0. The predicted molar refractivity (Wildman–Crippen MR) is 509 cm³/mol. The largest absolute Gasteiger partial charge is 0.453 e. The smallest absolute Gasteiger partial charge is 0.159 e. The molecule has 22 rings (SSSR count). The Labute approximate surface area is 697 Å². The lowest BCUT2D eigenvalue weighted by atomic mass is 9.92. The summed E-state index contributed by atoms with van der Waals surface area (Å²) in [7, 11) is 0. The molecule has 572 valence electrons. The summed E-state index contributed by atoms with van der Waals surface area (Å²) in [5, 5.41) is 18.6. The molecular formula is C114H84N4O2. The minimum atomic E-state index is 0.711. The third-order valence-corrected chi connectivity index (χ3v) is 25.4. The van der Waals surface area contributed by atoms with Crippen LogP contribution in [0.1, 0.15) is 50.1 Å². The van der Waals surface area contributed by atoms with E-state index >= 15 is 0 Å². The first kappa shape index (κ1) is 71.6. The van der Waals surface area contributed by atoms with Gasteiger partial charge < -0.3 is 28.4 Å². The summed E-state index contributed by atoms with van der Waals surface area (Å²) in [5.74, 6) is 0. The molecule has 0 aliphatic heterocycles. The lowest BCUT2D eigenvalue weighted by Gasteiger charge is -2.29. The number of benzene rings is 20. The van der Waals surface area contributed by atoms with Gasteiger partial charge in [0.05, 0.1) is 22.7 Å². The highest BCUT2D eigenvalue weighted by Crippen LogP contribution is 2.52. The van der Waals surface area contributed by atoms with Gasteiger partial charge in [-0.1, -0.05) is 237 Å². The Morgan fingerprint density at radius 3 is 0.975 bits per heavy atom. The van der Waals surface area contributed by atoms with Gasteiger partial charge in [0.1, 0.15) is 11.2 Å². The summed E-state index contributed by atoms with van der Waals surface area (Å²) in [6, 6.07) is 137. The van der Waals surface area contributed by atoms with Gasteiger partial charge >= 0.3 is 0 Å². The van der Waals surface area contributed by atoms with Gasteiger partial charge in [0, 0.05) is 88.9 Å². The molecule has 0 atom stereocenters. The average molecular weight is 1540 g/mol. The third-order valence-electron chi connectivity index (χ3n) is 25.4. The van der Waals surface area contributed by atoms with Gasteiger partial charge in [0.15, 0.2) is 11.2 Å². The van der Waals surface area contributed by atoms with Gasteiger partial charge in [-0.15, -0.1) is 0 Å².